The van der Waals surface area contributed by atoms with E-state index in [1.807, 2.05) is 48.5 Å². The number of benzene rings is 11. The Balaban J connectivity index is 0.845. The molecular weight excluding hydrogens is 917 g/mol. The van der Waals surface area contributed by atoms with Gasteiger partial charge in [0.05, 0.1) is 11.0 Å². The first kappa shape index (κ1) is 42.5. The van der Waals surface area contributed by atoms with Crippen molar-refractivity contribution in [3.05, 3.63) is 255 Å². The van der Waals surface area contributed by atoms with Crippen LogP contribution in [0.3, 0.4) is 0 Å². The zero-order valence-electron chi connectivity index (χ0n) is 40.4. The van der Waals surface area contributed by atoms with Crippen LogP contribution in [0.5, 0.6) is 0 Å². The SMILES string of the molecule is c1ccc(-c2ccc(-c3nc(-c4ccccc4)nc(-c4cc5oc6ccccc6c5cc4-c4cccc(-c5ccc6oc7cc(-n8c9ccccc9c9cc(-c%10ccccc%10)ccc98)ccc7c6c5)c4)n3)cc2)cc1. The summed E-state index contributed by atoms with van der Waals surface area (Å²) in [6, 6.07) is 89.4. The topological polar surface area (TPSA) is 69.9 Å². The van der Waals surface area contributed by atoms with Gasteiger partial charge >= 0.3 is 0 Å². The van der Waals surface area contributed by atoms with Gasteiger partial charge in [-0.3, -0.25) is 0 Å². The third-order valence-electron chi connectivity index (χ3n) is 14.7. The average molecular weight is 959 g/mol. The first-order valence-corrected chi connectivity index (χ1v) is 25.2. The standard InChI is InChI=1S/C69H42N4O2/c1-4-15-43(16-5-1)45-27-29-47(30-28-45)68-70-67(46-19-8-3-9-20-46)71-69(72-68)60-42-66-59(54-24-11-13-26-63(54)74-66)41-56(60)51-22-14-21-48(37-51)50-32-36-64-58(39-50)55-34-33-52(40-65(55)75-64)73-61-25-12-10-23-53(61)57-38-49(31-35-62(57)73)44-17-6-2-7-18-44/h1-42H. The second kappa shape index (κ2) is 17.3. The van der Waals surface area contributed by atoms with Crippen molar-refractivity contribution in [3.63, 3.8) is 0 Å². The highest BCUT2D eigenvalue weighted by atomic mass is 16.3. The minimum Gasteiger partial charge on any atom is -0.456 e. The van der Waals surface area contributed by atoms with E-state index in [1.54, 1.807) is 0 Å². The zero-order chi connectivity index (χ0) is 49.4. The van der Waals surface area contributed by atoms with Gasteiger partial charge in [0.15, 0.2) is 17.5 Å². The highest BCUT2D eigenvalue weighted by Crippen LogP contribution is 2.42. The van der Waals surface area contributed by atoms with Crippen molar-refractivity contribution in [2.24, 2.45) is 0 Å². The molecule has 0 radical (unpaired) electrons. The molecule has 4 heterocycles. The Bertz CT molecular complexity index is 4690. The van der Waals surface area contributed by atoms with Crippen molar-refractivity contribution < 1.29 is 8.83 Å². The minimum absolute atomic E-state index is 0.553. The fraction of sp³-hybridized carbons (Fsp3) is 0. The fourth-order valence-corrected chi connectivity index (χ4v) is 11.0. The number of fused-ring (bicyclic) bond motifs is 9. The summed E-state index contributed by atoms with van der Waals surface area (Å²) in [5.74, 6) is 1.73. The predicted molar refractivity (Wildman–Crippen MR) is 307 cm³/mol. The molecule has 0 saturated heterocycles. The summed E-state index contributed by atoms with van der Waals surface area (Å²) in [5, 5.41) is 6.62. The van der Waals surface area contributed by atoms with E-state index in [-0.39, 0.29) is 0 Å². The van der Waals surface area contributed by atoms with Gasteiger partial charge in [-0.25, -0.2) is 15.0 Å². The van der Waals surface area contributed by atoms with Crippen molar-refractivity contribution in [2.45, 2.75) is 0 Å². The summed E-state index contributed by atoms with van der Waals surface area (Å²) in [5.41, 5.74) is 18.1. The van der Waals surface area contributed by atoms with Gasteiger partial charge in [0, 0.05) is 60.8 Å². The predicted octanol–water partition coefficient (Wildman–Crippen LogP) is 18.4. The second-order valence-electron chi connectivity index (χ2n) is 19.1. The van der Waals surface area contributed by atoms with Crippen LogP contribution >= 0.6 is 0 Å². The van der Waals surface area contributed by atoms with Crippen LogP contribution < -0.4 is 0 Å². The van der Waals surface area contributed by atoms with Crippen molar-refractivity contribution in [2.75, 3.05) is 0 Å². The van der Waals surface area contributed by atoms with Crippen LogP contribution in [-0.2, 0) is 0 Å². The number of furan rings is 2. The molecule has 0 fully saturated rings. The maximum absolute atomic E-state index is 6.68. The number of nitrogens with zero attached hydrogens (tertiary/aromatic N) is 4. The molecule has 15 rings (SSSR count). The van der Waals surface area contributed by atoms with Gasteiger partial charge in [0.25, 0.3) is 0 Å². The van der Waals surface area contributed by atoms with Gasteiger partial charge in [-0.1, -0.05) is 182 Å². The van der Waals surface area contributed by atoms with Crippen LogP contribution in [0.2, 0.25) is 0 Å². The molecule has 0 bridgehead atoms. The molecule has 0 spiro atoms. The maximum Gasteiger partial charge on any atom is 0.164 e. The van der Waals surface area contributed by atoms with Gasteiger partial charge in [-0.15, -0.1) is 0 Å². The number of para-hydroxylation sites is 2. The molecule has 0 saturated carbocycles. The molecule has 0 atom stereocenters. The number of hydrogen-bond donors (Lipinski definition) is 0. The van der Waals surface area contributed by atoms with Crippen molar-refractivity contribution in [1.82, 2.24) is 19.5 Å². The van der Waals surface area contributed by atoms with Crippen LogP contribution in [0.25, 0.3) is 150 Å². The molecule has 75 heavy (non-hydrogen) atoms. The summed E-state index contributed by atoms with van der Waals surface area (Å²) in [6.45, 7) is 0. The number of aromatic nitrogens is 4. The molecule has 11 aromatic carbocycles. The minimum atomic E-state index is 0.553. The molecule has 6 nitrogen and oxygen atoms in total. The first-order valence-electron chi connectivity index (χ1n) is 25.2. The van der Waals surface area contributed by atoms with Crippen LogP contribution in [0.4, 0.5) is 0 Å². The maximum atomic E-state index is 6.68. The van der Waals surface area contributed by atoms with Gasteiger partial charge < -0.3 is 13.4 Å². The van der Waals surface area contributed by atoms with Gasteiger partial charge in [0.1, 0.15) is 22.3 Å². The van der Waals surface area contributed by atoms with Crippen molar-refractivity contribution in [1.29, 1.82) is 0 Å². The molecule has 0 unspecified atom stereocenters. The third-order valence-corrected chi connectivity index (χ3v) is 14.7. The Morgan fingerprint density at radius 3 is 1.49 bits per heavy atom. The van der Waals surface area contributed by atoms with E-state index in [1.165, 1.54) is 21.9 Å². The lowest BCUT2D eigenvalue weighted by Crippen LogP contribution is -2.01. The Morgan fingerprint density at radius 2 is 0.720 bits per heavy atom. The number of rotatable bonds is 8. The summed E-state index contributed by atoms with van der Waals surface area (Å²) in [7, 11) is 0. The Kier molecular flexibility index (Phi) is 9.78. The summed E-state index contributed by atoms with van der Waals surface area (Å²) < 4.78 is 15.6. The molecule has 4 aromatic heterocycles. The molecule has 0 N–H and O–H groups in total. The molecule has 350 valence electrons. The van der Waals surface area contributed by atoms with Gasteiger partial charge in [-0.05, 0) is 111 Å². The normalized spacial score (nSPS) is 11.7. The van der Waals surface area contributed by atoms with E-state index in [0.29, 0.717) is 17.5 Å². The van der Waals surface area contributed by atoms with Crippen LogP contribution in [0, 0.1) is 0 Å². The lowest BCUT2D eigenvalue weighted by molar-refractivity contribution is 0.668. The number of hydrogen-bond acceptors (Lipinski definition) is 5. The van der Waals surface area contributed by atoms with E-state index >= 15 is 0 Å². The average Bonchev–Trinajstić information content (AvgIpc) is 4.20. The van der Waals surface area contributed by atoms with Gasteiger partial charge in [0.2, 0.25) is 0 Å². The third kappa shape index (κ3) is 7.30. The fourth-order valence-electron chi connectivity index (χ4n) is 11.0. The van der Waals surface area contributed by atoms with Crippen molar-refractivity contribution in [3.8, 4) is 84.4 Å². The monoisotopic (exact) mass is 958 g/mol. The smallest absolute Gasteiger partial charge is 0.164 e. The molecule has 0 amide bonds. The Morgan fingerprint density at radius 1 is 0.240 bits per heavy atom. The van der Waals surface area contributed by atoms with E-state index in [0.717, 1.165) is 111 Å². The highest BCUT2D eigenvalue weighted by molar-refractivity contribution is 6.12. The largest absolute Gasteiger partial charge is 0.456 e. The highest BCUT2D eigenvalue weighted by Gasteiger charge is 2.21. The van der Waals surface area contributed by atoms with Crippen molar-refractivity contribution >= 4 is 65.7 Å². The Labute approximate surface area is 431 Å². The van der Waals surface area contributed by atoms with E-state index in [2.05, 4.69) is 211 Å². The quantitative estimate of drug-likeness (QED) is 0.152. The van der Waals surface area contributed by atoms with E-state index in [4.69, 9.17) is 23.8 Å². The van der Waals surface area contributed by atoms with Crippen LogP contribution in [-0.4, -0.2) is 19.5 Å². The summed E-state index contributed by atoms with van der Waals surface area (Å²) in [4.78, 5) is 15.6. The van der Waals surface area contributed by atoms with E-state index in [9.17, 15) is 0 Å². The zero-order valence-corrected chi connectivity index (χ0v) is 40.4. The molecule has 6 heteroatoms. The lowest BCUT2D eigenvalue weighted by atomic mass is 9.93. The van der Waals surface area contributed by atoms with Crippen LogP contribution in [0.1, 0.15) is 0 Å². The first-order chi connectivity index (χ1) is 37.1. The second-order valence-corrected chi connectivity index (χ2v) is 19.1. The molecule has 0 aliphatic rings. The molecular formula is C69H42N4O2. The summed E-state index contributed by atoms with van der Waals surface area (Å²) >= 11 is 0. The lowest BCUT2D eigenvalue weighted by Gasteiger charge is -2.14. The summed E-state index contributed by atoms with van der Waals surface area (Å²) in [6.07, 6.45) is 0. The van der Waals surface area contributed by atoms with Gasteiger partial charge in [-0.2, -0.15) is 0 Å². The molecule has 15 aromatic rings. The van der Waals surface area contributed by atoms with Crippen LogP contribution in [0.15, 0.2) is 264 Å². The molecule has 0 aliphatic heterocycles. The van der Waals surface area contributed by atoms with E-state index < -0.39 is 0 Å². The molecule has 0 aliphatic carbocycles. The Hall–Kier alpha value is -10.2.